The molecule has 0 bridgehead atoms. The van der Waals surface area contributed by atoms with E-state index in [0.717, 1.165) is 12.1 Å². The van der Waals surface area contributed by atoms with Crippen LogP contribution >= 0.6 is 0 Å². The van der Waals surface area contributed by atoms with Crippen LogP contribution in [0.25, 0.3) is 10.9 Å². The van der Waals surface area contributed by atoms with E-state index in [2.05, 4.69) is 4.98 Å². The van der Waals surface area contributed by atoms with Crippen molar-refractivity contribution in [1.82, 2.24) is 4.98 Å². The fraction of sp³-hybridized carbons (Fsp3) is 0.182. The van der Waals surface area contributed by atoms with Crippen molar-refractivity contribution < 1.29 is 17.6 Å². The largest absolute Gasteiger partial charge is 0.419 e. The molecule has 0 amide bonds. The molecule has 0 aliphatic carbocycles. The molecule has 1 aromatic heterocycles. The highest BCUT2D eigenvalue weighted by molar-refractivity contribution is 5.79. The van der Waals surface area contributed by atoms with Crippen molar-refractivity contribution in [2.24, 2.45) is 0 Å². The van der Waals surface area contributed by atoms with Crippen molar-refractivity contribution in [1.29, 1.82) is 0 Å². The van der Waals surface area contributed by atoms with Gasteiger partial charge in [0.1, 0.15) is 5.82 Å². The van der Waals surface area contributed by atoms with Crippen molar-refractivity contribution in [2.75, 3.05) is 0 Å². The fourth-order valence-corrected chi connectivity index (χ4v) is 1.46. The van der Waals surface area contributed by atoms with Crippen LogP contribution in [-0.2, 0) is 6.18 Å². The summed E-state index contributed by atoms with van der Waals surface area (Å²) in [4.78, 5) is 3.92. The Kier molecular flexibility index (Phi) is 2.33. The van der Waals surface area contributed by atoms with Crippen LogP contribution in [0.3, 0.4) is 0 Å². The average Bonchev–Trinajstić information content (AvgIpc) is 2.16. The lowest BCUT2D eigenvalue weighted by Gasteiger charge is -2.09. The summed E-state index contributed by atoms with van der Waals surface area (Å²) >= 11 is 0. The van der Waals surface area contributed by atoms with Crippen LogP contribution < -0.4 is 0 Å². The Labute approximate surface area is 88.7 Å². The summed E-state index contributed by atoms with van der Waals surface area (Å²) in [5, 5.41) is 0.358. The van der Waals surface area contributed by atoms with Crippen LogP contribution in [0.1, 0.15) is 11.3 Å². The lowest BCUT2D eigenvalue weighted by Crippen LogP contribution is -2.08. The predicted octanol–water partition coefficient (Wildman–Crippen LogP) is 3.70. The van der Waals surface area contributed by atoms with E-state index in [1.54, 1.807) is 19.1 Å². The number of pyridine rings is 1. The highest BCUT2D eigenvalue weighted by Crippen LogP contribution is 2.33. The molecular formula is C11H7F4N. The molecule has 0 spiro atoms. The molecule has 0 N–H and O–H groups in total. The summed E-state index contributed by atoms with van der Waals surface area (Å²) in [7, 11) is 0. The second-order valence-electron chi connectivity index (χ2n) is 3.48. The third kappa shape index (κ3) is 1.85. The van der Waals surface area contributed by atoms with E-state index < -0.39 is 17.6 Å². The van der Waals surface area contributed by atoms with Gasteiger partial charge in [0.05, 0.1) is 11.1 Å². The van der Waals surface area contributed by atoms with E-state index in [-0.39, 0.29) is 5.52 Å². The van der Waals surface area contributed by atoms with Gasteiger partial charge >= 0.3 is 6.18 Å². The molecule has 0 atom stereocenters. The smallest absolute Gasteiger partial charge is 0.253 e. The van der Waals surface area contributed by atoms with Crippen LogP contribution in [0.5, 0.6) is 0 Å². The van der Waals surface area contributed by atoms with E-state index in [4.69, 9.17) is 0 Å². The van der Waals surface area contributed by atoms with Crippen LogP contribution in [-0.4, -0.2) is 4.98 Å². The number of hydrogen-bond donors (Lipinski definition) is 0. The zero-order valence-electron chi connectivity index (χ0n) is 8.27. The molecule has 2 rings (SSSR count). The number of benzene rings is 1. The number of fused-ring (bicyclic) bond motifs is 1. The number of nitrogens with zero attached hydrogens (tertiary/aromatic N) is 1. The van der Waals surface area contributed by atoms with Crippen molar-refractivity contribution in [3.8, 4) is 0 Å². The number of halogens is 4. The first-order valence-corrected chi connectivity index (χ1v) is 4.52. The fourth-order valence-electron chi connectivity index (χ4n) is 1.46. The van der Waals surface area contributed by atoms with Gasteiger partial charge in [0.25, 0.3) is 0 Å². The van der Waals surface area contributed by atoms with Crippen molar-refractivity contribution >= 4 is 10.9 Å². The van der Waals surface area contributed by atoms with Gasteiger partial charge in [-0.25, -0.2) is 4.39 Å². The van der Waals surface area contributed by atoms with Crippen LogP contribution in [0.2, 0.25) is 0 Å². The molecule has 1 heterocycles. The number of aryl methyl sites for hydroxylation is 1. The van der Waals surface area contributed by atoms with Gasteiger partial charge in [-0.2, -0.15) is 13.2 Å². The van der Waals surface area contributed by atoms with E-state index in [9.17, 15) is 17.6 Å². The Balaban J connectivity index is 2.74. The zero-order valence-corrected chi connectivity index (χ0v) is 8.27. The molecular weight excluding hydrogens is 222 g/mol. The number of rotatable bonds is 0. The molecule has 0 radical (unpaired) electrons. The minimum Gasteiger partial charge on any atom is -0.253 e. The summed E-state index contributed by atoms with van der Waals surface area (Å²) in [5.41, 5.74) is -0.543. The Morgan fingerprint density at radius 1 is 1.12 bits per heavy atom. The van der Waals surface area contributed by atoms with Gasteiger partial charge < -0.3 is 0 Å². The predicted molar refractivity (Wildman–Crippen MR) is 51.4 cm³/mol. The van der Waals surface area contributed by atoms with Gasteiger partial charge in [-0.3, -0.25) is 4.98 Å². The number of alkyl halides is 3. The molecule has 5 heteroatoms. The van der Waals surface area contributed by atoms with Crippen molar-refractivity contribution in [2.45, 2.75) is 13.1 Å². The highest BCUT2D eigenvalue weighted by Gasteiger charge is 2.34. The average molecular weight is 229 g/mol. The van der Waals surface area contributed by atoms with E-state index >= 15 is 0 Å². The number of aromatic nitrogens is 1. The summed E-state index contributed by atoms with van der Waals surface area (Å²) in [6.45, 7) is 1.66. The monoisotopic (exact) mass is 229 g/mol. The van der Waals surface area contributed by atoms with Gasteiger partial charge in [0.15, 0.2) is 0 Å². The quantitative estimate of drug-likeness (QED) is 0.627. The normalized spacial score (nSPS) is 12.1. The minimum atomic E-state index is -4.69. The van der Waals surface area contributed by atoms with Gasteiger partial charge in [0.2, 0.25) is 0 Å². The molecule has 0 saturated carbocycles. The maximum Gasteiger partial charge on any atom is 0.419 e. The molecule has 0 aliphatic heterocycles. The molecule has 1 aromatic carbocycles. The maximum atomic E-state index is 13.2. The molecule has 16 heavy (non-hydrogen) atoms. The molecule has 1 nitrogen and oxygen atoms in total. The summed E-state index contributed by atoms with van der Waals surface area (Å²) < 4.78 is 50.4. The second kappa shape index (κ2) is 3.43. The first-order valence-electron chi connectivity index (χ1n) is 4.52. The highest BCUT2D eigenvalue weighted by atomic mass is 19.4. The van der Waals surface area contributed by atoms with Gasteiger partial charge in [0, 0.05) is 11.1 Å². The molecule has 0 saturated heterocycles. The Bertz CT molecular complexity index is 545. The topological polar surface area (TPSA) is 12.9 Å². The van der Waals surface area contributed by atoms with E-state index in [1.807, 2.05) is 0 Å². The third-order valence-corrected chi connectivity index (χ3v) is 2.22. The van der Waals surface area contributed by atoms with Gasteiger partial charge in [-0.05, 0) is 25.1 Å². The Hall–Kier alpha value is -1.65. The first kappa shape index (κ1) is 10.9. The molecule has 84 valence electrons. The van der Waals surface area contributed by atoms with E-state index in [1.165, 1.54) is 0 Å². The zero-order chi connectivity index (χ0) is 11.9. The summed E-state index contributed by atoms with van der Waals surface area (Å²) in [6, 6.07) is 4.75. The number of hydrogen-bond acceptors (Lipinski definition) is 1. The lowest BCUT2D eigenvalue weighted by atomic mass is 10.1. The lowest BCUT2D eigenvalue weighted by molar-refractivity contribution is -0.139. The van der Waals surface area contributed by atoms with Crippen molar-refractivity contribution in [3.63, 3.8) is 0 Å². The maximum absolute atomic E-state index is 13.2. The summed E-state index contributed by atoms with van der Waals surface area (Å²) in [5.74, 6) is -1.27. The van der Waals surface area contributed by atoms with Gasteiger partial charge in [-0.15, -0.1) is 0 Å². The van der Waals surface area contributed by atoms with Crippen LogP contribution in [0, 0.1) is 12.7 Å². The Morgan fingerprint density at radius 3 is 2.44 bits per heavy atom. The second-order valence-corrected chi connectivity index (χ2v) is 3.48. The minimum absolute atomic E-state index is 0.147. The standard InChI is InChI=1S/C11H7F4N/c1-6-2-3-7-4-9(12)8(11(13,14)15)5-10(7)16-6/h2-5H,1H3. The molecule has 0 fully saturated rings. The Morgan fingerprint density at radius 2 is 1.81 bits per heavy atom. The van der Waals surface area contributed by atoms with Gasteiger partial charge in [-0.1, -0.05) is 6.07 Å². The van der Waals surface area contributed by atoms with E-state index in [0.29, 0.717) is 11.1 Å². The SMILES string of the molecule is Cc1ccc2cc(F)c(C(F)(F)F)cc2n1. The molecule has 0 aliphatic rings. The molecule has 2 aromatic rings. The van der Waals surface area contributed by atoms with Crippen molar-refractivity contribution in [3.05, 3.63) is 41.3 Å². The third-order valence-electron chi connectivity index (χ3n) is 2.22. The van der Waals surface area contributed by atoms with Crippen LogP contribution in [0.15, 0.2) is 24.3 Å². The van der Waals surface area contributed by atoms with Crippen LogP contribution in [0.4, 0.5) is 17.6 Å². The molecule has 0 unspecified atom stereocenters. The summed E-state index contributed by atoms with van der Waals surface area (Å²) in [6.07, 6.45) is -4.69. The first-order chi connectivity index (χ1) is 7.38.